The molecular weight excluding hydrogens is 272 g/mol. The third-order valence-corrected chi connectivity index (χ3v) is 4.44. The van der Waals surface area contributed by atoms with Crippen LogP contribution in [0.1, 0.15) is 38.2 Å². The Balaban J connectivity index is 2.15. The zero-order valence-corrected chi connectivity index (χ0v) is 12.7. The molecular formula is C16H23ClN2O. The molecule has 1 atom stereocenters. The van der Waals surface area contributed by atoms with Crippen LogP contribution in [0.15, 0.2) is 24.3 Å². The molecule has 3 nitrogen and oxygen atoms in total. The van der Waals surface area contributed by atoms with Crippen LogP contribution >= 0.6 is 11.6 Å². The van der Waals surface area contributed by atoms with Crippen molar-refractivity contribution in [2.45, 2.75) is 45.1 Å². The summed E-state index contributed by atoms with van der Waals surface area (Å²) in [5, 5.41) is 3.78. The molecule has 0 heterocycles. The topological polar surface area (TPSA) is 55.1 Å². The highest BCUT2D eigenvalue weighted by Crippen LogP contribution is 2.41. The number of carbonyl (C=O) groups excluding carboxylic acids is 1. The van der Waals surface area contributed by atoms with Gasteiger partial charge in [-0.3, -0.25) is 4.79 Å². The highest BCUT2D eigenvalue weighted by atomic mass is 35.5. The van der Waals surface area contributed by atoms with Crippen molar-refractivity contribution in [2.75, 3.05) is 6.54 Å². The molecule has 4 heteroatoms. The lowest BCUT2D eigenvalue weighted by Crippen LogP contribution is -2.46. The van der Waals surface area contributed by atoms with Gasteiger partial charge in [0.15, 0.2) is 0 Å². The number of amides is 1. The van der Waals surface area contributed by atoms with E-state index in [2.05, 4.69) is 5.32 Å². The Hall–Kier alpha value is -1.06. The molecule has 20 heavy (non-hydrogen) atoms. The van der Waals surface area contributed by atoms with Gasteiger partial charge in [0.1, 0.15) is 0 Å². The fourth-order valence-corrected chi connectivity index (χ4v) is 3.22. The summed E-state index contributed by atoms with van der Waals surface area (Å²) in [7, 11) is 0. The van der Waals surface area contributed by atoms with Crippen molar-refractivity contribution in [3.63, 3.8) is 0 Å². The summed E-state index contributed by atoms with van der Waals surface area (Å²) in [6, 6.07) is 7.84. The molecule has 3 N–H and O–H groups in total. The first-order valence-electron chi connectivity index (χ1n) is 7.31. The van der Waals surface area contributed by atoms with Crippen molar-refractivity contribution in [3.8, 4) is 0 Å². The van der Waals surface area contributed by atoms with E-state index in [9.17, 15) is 4.79 Å². The molecule has 1 aromatic rings. The first-order valence-corrected chi connectivity index (χ1v) is 7.69. The second-order valence-electron chi connectivity index (χ2n) is 5.90. The van der Waals surface area contributed by atoms with E-state index in [-0.39, 0.29) is 17.4 Å². The molecule has 1 aliphatic carbocycles. The average Bonchev–Trinajstić information content (AvgIpc) is 2.88. The molecule has 1 fully saturated rings. The molecule has 0 aromatic heterocycles. The summed E-state index contributed by atoms with van der Waals surface area (Å²) in [6.07, 6.45) is 4.89. The van der Waals surface area contributed by atoms with E-state index in [1.807, 2.05) is 31.2 Å². The van der Waals surface area contributed by atoms with Crippen LogP contribution in [-0.2, 0) is 11.2 Å². The van der Waals surface area contributed by atoms with E-state index < -0.39 is 0 Å². The van der Waals surface area contributed by atoms with Crippen LogP contribution in [0.4, 0.5) is 0 Å². The van der Waals surface area contributed by atoms with Gasteiger partial charge in [-0.1, -0.05) is 36.6 Å². The number of hydrogen-bond acceptors (Lipinski definition) is 2. The minimum absolute atomic E-state index is 0.0272. The predicted octanol–water partition coefficient (Wildman–Crippen LogP) is 2.91. The van der Waals surface area contributed by atoms with E-state index in [4.69, 9.17) is 17.3 Å². The fourth-order valence-electron chi connectivity index (χ4n) is 3.01. The molecule has 0 saturated heterocycles. The SMILES string of the molecule is C[C@@H](CN)NC(=O)C1(Cc2cccc(Cl)c2)CCCC1. The Bertz CT molecular complexity index is 469. The van der Waals surface area contributed by atoms with E-state index in [1.54, 1.807) is 0 Å². The Morgan fingerprint density at radius 3 is 2.75 bits per heavy atom. The van der Waals surface area contributed by atoms with Crippen LogP contribution in [0.2, 0.25) is 5.02 Å². The van der Waals surface area contributed by atoms with Crippen molar-refractivity contribution in [1.82, 2.24) is 5.32 Å². The second kappa shape index (κ2) is 6.59. The average molecular weight is 295 g/mol. The highest BCUT2D eigenvalue weighted by Gasteiger charge is 2.41. The Kier molecular flexibility index (Phi) is 5.06. The van der Waals surface area contributed by atoms with Gasteiger partial charge in [0.25, 0.3) is 0 Å². The largest absolute Gasteiger partial charge is 0.352 e. The third-order valence-electron chi connectivity index (χ3n) is 4.20. The van der Waals surface area contributed by atoms with E-state index in [1.165, 1.54) is 0 Å². The normalized spacial score (nSPS) is 18.8. The molecule has 1 aromatic carbocycles. The summed E-state index contributed by atoms with van der Waals surface area (Å²) in [5.41, 5.74) is 6.45. The number of nitrogens with one attached hydrogen (secondary N) is 1. The van der Waals surface area contributed by atoms with E-state index in [0.29, 0.717) is 6.54 Å². The summed E-state index contributed by atoms with van der Waals surface area (Å²) in [5.74, 6) is 0.146. The van der Waals surface area contributed by atoms with Gasteiger partial charge < -0.3 is 11.1 Å². The van der Waals surface area contributed by atoms with Crippen molar-refractivity contribution in [2.24, 2.45) is 11.1 Å². The van der Waals surface area contributed by atoms with Gasteiger partial charge in [0.2, 0.25) is 5.91 Å². The van der Waals surface area contributed by atoms with Crippen LogP contribution in [0, 0.1) is 5.41 Å². The number of carbonyl (C=O) groups is 1. The fraction of sp³-hybridized carbons (Fsp3) is 0.562. The lowest BCUT2D eigenvalue weighted by atomic mass is 9.79. The van der Waals surface area contributed by atoms with Crippen LogP contribution in [-0.4, -0.2) is 18.5 Å². The molecule has 2 rings (SSSR count). The zero-order chi connectivity index (χ0) is 14.6. The highest BCUT2D eigenvalue weighted by molar-refractivity contribution is 6.30. The third kappa shape index (κ3) is 3.53. The quantitative estimate of drug-likeness (QED) is 0.877. The number of rotatable bonds is 5. The molecule has 0 spiro atoms. The lowest BCUT2D eigenvalue weighted by Gasteiger charge is -2.29. The molecule has 110 valence electrons. The van der Waals surface area contributed by atoms with E-state index >= 15 is 0 Å². The van der Waals surface area contributed by atoms with Crippen molar-refractivity contribution in [3.05, 3.63) is 34.9 Å². The van der Waals surface area contributed by atoms with Crippen molar-refractivity contribution in [1.29, 1.82) is 0 Å². The smallest absolute Gasteiger partial charge is 0.226 e. The Labute approximate surface area is 125 Å². The number of halogens is 1. The minimum Gasteiger partial charge on any atom is -0.352 e. The van der Waals surface area contributed by atoms with Gasteiger partial charge in [-0.2, -0.15) is 0 Å². The van der Waals surface area contributed by atoms with E-state index in [0.717, 1.165) is 42.7 Å². The standard InChI is InChI=1S/C16H23ClN2O/c1-12(11-18)19-15(20)16(7-2-3-8-16)10-13-5-4-6-14(17)9-13/h4-6,9,12H,2-3,7-8,10-11,18H2,1H3,(H,19,20)/t12-/m0/s1. The first kappa shape index (κ1) is 15.3. The maximum Gasteiger partial charge on any atom is 0.226 e. The van der Waals surface area contributed by atoms with Crippen molar-refractivity contribution < 1.29 is 4.79 Å². The lowest BCUT2D eigenvalue weighted by molar-refractivity contribution is -0.131. The molecule has 0 aliphatic heterocycles. The second-order valence-corrected chi connectivity index (χ2v) is 6.34. The molecule has 1 amide bonds. The van der Waals surface area contributed by atoms with Crippen LogP contribution in [0.25, 0.3) is 0 Å². The predicted molar refractivity (Wildman–Crippen MR) is 82.7 cm³/mol. The zero-order valence-electron chi connectivity index (χ0n) is 12.0. The summed E-state index contributed by atoms with van der Waals surface area (Å²) in [6.45, 7) is 2.42. The Morgan fingerprint density at radius 1 is 1.45 bits per heavy atom. The minimum atomic E-state index is -0.284. The molecule has 0 unspecified atom stereocenters. The van der Waals surface area contributed by atoms with Crippen LogP contribution in [0.3, 0.4) is 0 Å². The molecule has 1 saturated carbocycles. The van der Waals surface area contributed by atoms with Gasteiger partial charge in [0.05, 0.1) is 5.41 Å². The van der Waals surface area contributed by atoms with Gasteiger partial charge in [-0.25, -0.2) is 0 Å². The molecule has 1 aliphatic rings. The number of benzene rings is 1. The summed E-state index contributed by atoms with van der Waals surface area (Å²) >= 11 is 6.04. The van der Waals surface area contributed by atoms with Gasteiger partial charge in [-0.05, 0) is 43.9 Å². The molecule has 0 bridgehead atoms. The van der Waals surface area contributed by atoms with Crippen molar-refractivity contribution >= 4 is 17.5 Å². The number of hydrogen-bond donors (Lipinski definition) is 2. The Morgan fingerprint density at radius 2 is 2.15 bits per heavy atom. The maximum absolute atomic E-state index is 12.6. The van der Waals surface area contributed by atoms with Gasteiger partial charge in [-0.15, -0.1) is 0 Å². The maximum atomic E-state index is 12.6. The van der Waals surface area contributed by atoms with Crippen LogP contribution < -0.4 is 11.1 Å². The summed E-state index contributed by atoms with van der Waals surface area (Å²) < 4.78 is 0. The van der Waals surface area contributed by atoms with Gasteiger partial charge in [0, 0.05) is 17.6 Å². The van der Waals surface area contributed by atoms with Crippen LogP contribution in [0.5, 0.6) is 0 Å². The monoisotopic (exact) mass is 294 g/mol. The molecule has 0 radical (unpaired) electrons. The number of nitrogens with two attached hydrogens (primary N) is 1. The summed E-state index contributed by atoms with van der Waals surface area (Å²) in [4.78, 5) is 12.6. The van der Waals surface area contributed by atoms with Gasteiger partial charge >= 0.3 is 0 Å². The first-order chi connectivity index (χ1) is 9.55.